The van der Waals surface area contributed by atoms with E-state index in [2.05, 4.69) is 18.3 Å². The van der Waals surface area contributed by atoms with Crippen molar-refractivity contribution in [2.24, 2.45) is 17.7 Å². The van der Waals surface area contributed by atoms with Gasteiger partial charge in [0.2, 0.25) is 0 Å². The van der Waals surface area contributed by atoms with Crippen LogP contribution in [0.25, 0.3) is 0 Å². The Hall–Kier alpha value is -0.520. The minimum atomic E-state index is 0.478. The summed E-state index contributed by atoms with van der Waals surface area (Å²) >= 11 is 0. The zero-order chi connectivity index (χ0) is 11.8. The van der Waals surface area contributed by atoms with Gasteiger partial charge in [-0.15, -0.1) is 12.3 Å². The molecule has 1 aliphatic rings. The number of nitrogens with one attached hydrogen (secondary N) is 1. The lowest BCUT2D eigenvalue weighted by Crippen LogP contribution is -2.42. The van der Waals surface area contributed by atoms with Gasteiger partial charge in [-0.2, -0.15) is 0 Å². The van der Waals surface area contributed by atoms with Crippen LogP contribution in [-0.2, 0) is 0 Å². The van der Waals surface area contributed by atoms with Gasteiger partial charge in [-0.1, -0.05) is 26.2 Å². The van der Waals surface area contributed by atoms with Gasteiger partial charge in [-0.3, -0.25) is 11.3 Å². The normalized spacial score (nSPS) is 27.3. The zero-order valence-electron chi connectivity index (χ0n) is 10.5. The predicted octanol–water partition coefficient (Wildman–Crippen LogP) is 2.84. The highest BCUT2D eigenvalue weighted by atomic mass is 15.2. The molecule has 0 aromatic carbocycles. The Morgan fingerprint density at radius 3 is 2.56 bits per heavy atom. The lowest BCUT2D eigenvalue weighted by Gasteiger charge is -2.33. The Bertz CT molecular complexity index is 211. The third-order valence-corrected chi connectivity index (χ3v) is 4.09. The van der Waals surface area contributed by atoms with E-state index in [0.717, 1.165) is 31.1 Å². The van der Waals surface area contributed by atoms with Gasteiger partial charge >= 0.3 is 0 Å². The minimum Gasteiger partial charge on any atom is -0.271 e. The van der Waals surface area contributed by atoms with E-state index < -0.39 is 0 Å². The van der Waals surface area contributed by atoms with Crippen molar-refractivity contribution in [2.45, 2.75) is 64.3 Å². The number of terminal acetylenes is 1. The summed E-state index contributed by atoms with van der Waals surface area (Å²) in [7, 11) is 0. The average Bonchev–Trinajstić information content (AvgIpc) is 2.35. The second-order valence-electron chi connectivity index (χ2n) is 5.06. The molecule has 0 aromatic rings. The summed E-state index contributed by atoms with van der Waals surface area (Å²) in [4.78, 5) is 0. The molecule has 0 saturated heterocycles. The highest BCUT2D eigenvalue weighted by molar-refractivity contribution is 4.85. The molecular formula is C14H26N2. The summed E-state index contributed by atoms with van der Waals surface area (Å²) < 4.78 is 0. The first kappa shape index (κ1) is 13.5. The number of unbranched alkanes of at least 4 members (excludes halogenated alkanes) is 1. The van der Waals surface area contributed by atoms with E-state index in [4.69, 9.17) is 12.3 Å². The van der Waals surface area contributed by atoms with E-state index in [1.165, 1.54) is 32.1 Å². The monoisotopic (exact) mass is 222 g/mol. The van der Waals surface area contributed by atoms with Crippen molar-refractivity contribution in [3.63, 3.8) is 0 Å². The van der Waals surface area contributed by atoms with Gasteiger partial charge in [0.1, 0.15) is 0 Å². The molecule has 2 nitrogen and oxygen atoms in total. The van der Waals surface area contributed by atoms with Crippen molar-refractivity contribution >= 4 is 0 Å². The van der Waals surface area contributed by atoms with Gasteiger partial charge in [0.05, 0.1) is 0 Å². The zero-order valence-corrected chi connectivity index (χ0v) is 10.5. The fourth-order valence-corrected chi connectivity index (χ4v) is 2.88. The summed E-state index contributed by atoms with van der Waals surface area (Å²) in [6.45, 7) is 2.30. The van der Waals surface area contributed by atoms with Gasteiger partial charge in [-0.05, 0) is 37.5 Å². The molecule has 0 bridgehead atoms. The predicted molar refractivity (Wildman–Crippen MR) is 69.5 cm³/mol. The maximum absolute atomic E-state index is 5.65. The smallest absolute Gasteiger partial charge is 0.0239 e. The molecule has 0 aliphatic heterocycles. The molecule has 1 saturated carbocycles. The molecule has 1 atom stereocenters. The first-order valence-corrected chi connectivity index (χ1v) is 6.71. The third-order valence-electron chi connectivity index (χ3n) is 4.09. The van der Waals surface area contributed by atoms with Crippen LogP contribution in [0.5, 0.6) is 0 Å². The second-order valence-corrected chi connectivity index (χ2v) is 5.06. The maximum atomic E-state index is 5.65. The Morgan fingerprint density at radius 1 is 1.38 bits per heavy atom. The summed E-state index contributed by atoms with van der Waals surface area (Å²) in [6, 6.07) is 0.478. The van der Waals surface area contributed by atoms with Crippen LogP contribution < -0.4 is 11.3 Å². The standard InChI is InChI=1S/C14H26N2/c1-3-5-6-7-14(16-15)13-10-8-12(4-2)9-11-13/h1,12-14,16H,4-11,15H2,2H3. The van der Waals surface area contributed by atoms with Crippen molar-refractivity contribution < 1.29 is 0 Å². The number of hydrogen-bond donors (Lipinski definition) is 2. The molecular weight excluding hydrogens is 196 g/mol. The lowest BCUT2D eigenvalue weighted by molar-refractivity contribution is 0.210. The molecule has 0 aromatic heterocycles. The van der Waals surface area contributed by atoms with Crippen LogP contribution in [-0.4, -0.2) is 6.04 Å². The van der Waals surface area contributed by atoms with Gasteiger partial charge in [0.15, 0.2) is 0 Å². The summed E-state index contributed by atoms with van der Waals surface area (Å²) in [5.41, 5.74) is 2.99. The lowest BCUT2D eigenvalue weighted by atomic mass is 9.77. The molecule has 92 valence electrons. The van der Waals surface area contributed by atoms with E-state index in [0.29, 0.717) is 6.04 Å². The first-order chi connectivity index (χ1) is 7.81. The molecule has 0 radical (unpaired) electrons. The fraction of sp³-hybridized carbons (Fsp3) is 0.857. The van der Waals surface area contributed by atoms with Crippen molar-refractivity contribution in [3.05, 3.63) is 0 Å². The van der Waals surface area contributed by atoms with Crippen molar-refractivity contribution in [1.82, 2.24) is 5.43 Å². The number of nitrogens with two attached hydrogens (primary N) is 1. The highest BCUT2D eigenvalue weighted by Crippen LogP contribution is 2.33. The van der Waals surface area contributed by atoms with E-state index in [1.807, 2.05) is 0 Å². The Morgan fingerprint density at radius 2 is 2.06 bits per heavy atom. The first-order valence-electron chi connectivity index (χ1n) is 6.71. The van der Waals surface area contributed by atoms with E-state index >= 15 is 0 Å². The SMILES string of the molecule is C#CCCCC(NN)C1CCC(CC)CC1. The highest BCUT2D eigenvalue weighted by Gasteiger charge is 2.25. The minimum absolute atomic E-state index is 0.478. The maximum Gasteiger partial charge on any atom is 0.0239 e. The summed E-state index contributed by atoms with van der Waals surface area (Å²) in [5, 5.41) is 0. The van der Waals surface area contributed by atoms with Gasteiger partial charge < -0.3 is 0 Å². The van der Waals surface area contributed by atoms with Crippen molar-refractivity contribution in [1.29, 1.82) is 0 Å². The molecule has 16 heavy (non-hydrogen) atoms. The van der Waals surface area contributed by atoms with Crippen LogP contribution in [0.2, 0.25) is 0 Å². The van der Waals surface area contributed by atoms with Gasteiger partial charge in [0, 0.05) is 12.5 Å². The average molecular weight is 222 g/mol. The van der Waals surface area contributed by atoms with Crippen LogP contribution in [0.3, 0.4) is 0 Å². The van der Waals surface area contributed by atoms with E-state index in [-0.39, 0.29) is 0 Å². The molecule has 3 N–H and O–H groups in total. The number of rotatable bonds is 6. The van der Waals surface area contributed by atoms with Gasteiger partial charge in [-0.25, -0.2) is 0 Å². The largest absolute Gasteiger partial charge is 0.271 e. The van der Waals surface area contributed by atoms with E-state index in [1.54, 1.807) is 0 Å². The molecule has 0 amide bonds. The van der Waals surface area contributed by atoms with Crippen LogP contribution in [0.4, 0.5) is 0 Å². The van der Waals surface area contributed by atoms with Crippen molar-refractivity contribution in [3.8, 4) is 12.3 Å². The Balaban J connectivity index is 2.28. The second kappa shape index (κ2) is 7.70. The Labute approximate surface area is 100 Å². The molecule has 0 heterocycles. The third kappa shape index (κ3) is 4.15. The van der Waals surface area contributed by atoms with Crippen LogP contribution in [0, 0.1) is 24.2 Å². The molecule has 2 heteroatoms. The fourth-order valence-electron chi connectivity index (χ4n) is 2.88. The van der Waals surface area contributed by atoms with Crippen LogP contribution >= 0.6 is 0 Å². The number of hydrazine groups is 1. The quantitative estimate of drug-likeness (QED) is 0.314. The van der Waals surface area contributed by atoms with Crippen LogP contribution in [0.1, 0.15) is 58.3 Å². The summed E-state index contributed by atoms with van der Waals surface area (Å²) in [5.74, 6) is 10.1. The molecule has 0 spiro atoms. The van der Waals surface area contributed by atoms with Gasteiger partial charge in [0.25, 0.3) is 0 Å². The number of hydrogen-bond acceptors (Lipinski definition) is 2. The van der Waals surface area contributed by atoms with Crippen LogP contribution in [0.15, 0.2) is 0 Å². The topological polar surface area (TPSA) is 38.0 Å². The summed E-state index contributed by atoms with van der Waals surface area (Å²) in [6.07, 6.45) is 15.1. The molecule has 1 aliphatic carbocycles. The molecule has 1 rings (SSSR count). The Kier molecular flexibility index (Phi) is 6.52. The molecule has 1 unspecified atom stereocenters. The van der Waals surface area contributed by atoms with Crippen molar-refractivity contribution in [2.75, 3.05) is 0 Å². The molecule has 1 fully saturated rings. The van der Waals surface area contributed by atoms with E-state index in [9.17, 15) is 0 Å².